The van der Waals surface area contributed by atoms with Crippen molar-refractivity contribution in [1.82, 2.24) is 14.5 Å². The summed E-state index contributed by atoms with van der Waals surface area (Å²) in [5.41, 5.74) is 1.57. The number of rotatable bonds is 3. The highest BCUT2D eigenvalue weighted by Gasteiger charge is 2.56. The van der Waals surface area contributed by atoms with Gasteiger partial charge in [0, 0.05) is 17.1 Å². The van der Waals surface area contributed by atoms with Gasteiger partial charge in [0.05, 0.1) is 23.6 Å². The van der Waals surface area contributed by atoms with Gasteiger partial charge in [0.25, 0.3) is 0 Å². The van der Waals surface area contributed by atoms with Crippen molar-refractivity contribution in [3.63, 3.8) is 0 Å². The van der Waals surface area contributed by atoms with E-state index in [4.69, 9.17) is 32.7 Å². The Hall–Kier alpha value is -1.70. The van der Waals surface area contributed by atoms with Crippen molar-refractivity contribution in [3.05, 3.63) is 58.6 Å². The highest BCUT2D eigenvalue weighted by atomic mass is 35.5. The van der Waals surface area contributed by atoms with Gasteiger partial charge in [-0.3, -0.25) is 0 Å². The molecule has 1 N–H and O–H groups in total. The third-order valence-electron chi connectivity index (χ3n) is 5.91. The highest BCUT2D eigenvalue weighted by molar-refractivity contribution is 6.33. The average Bonchev–Trinajstić information content (AvgIpc) is 3.33. The molecule has 1 aliphatic carbocycles. The van der Waals surface area contributed by atoms with E-state index in [1.807, 2.05) is 38.2 Å². The van der Waals surface area contributed by atoms with E-state index in [0.29, 0.717) is 16.6 Å². The molecule has 6 nitrogen and oxygen atoms in total. The Morgan fingerprint density at radius 2 is 1.83 bits per heavy atom. The number of ether oxygens (including phenoxy) is 2. The number of fused-ring (bicyclic) bond motifs is 2. The molecule has 152 valence electrons. The second-order valence-corrected chi connectivity index (χ2v) is 8.95. The van der Waals surface area contributed by atoms with E-state index in [2.05, 4.69) is 14.5 Å². The molecule has 0 bridgehead atoms. The van der Waals surface area contributed by atoms with E-state index in [0.717, 1.165) is 16.6 Å². The zero-order chi connectivity index (χ0) is 20.3. The lowest BCUT2D eigenvalue weighted by Gasteiger charge is -2.26. The molecule has 0 amide bonds. The van der Waals surface area contributed by atoms with Crippen molar-refractivity contribution >= 4 is 34.2 Å². The second-order valence-electron chi connectivity index (χ2n) is 8.15. The van der Waals surface area contributed by atoms with Crippen molar-refractivity contribution in [2.24, 2.45) is 5.92 Å². The van der Waals surface area contributed by atoms with Gasteiger partial charge in [-0.2, -0.15) is 0 Å². The molecular formula is C21H21Cl2N3O3. The third kappa shape index (κ3) is 3.23. The van der Waals surface area contributed by atoms with Gasteiger partial charge in [0.2, 0.25) is 0 Å². The van der Waals surface area contributed by atoms with E-state index in [1.165, 1.54) is 6.33 Å². The molecule has 1 aliphatic heterocycles. The zero-order valence-corrected chi connectivity index (χ0v) is 17.5. The predicted molar refractivity (Wildman–Crippen MR) is 110 cm³/mol. The van der Waals surface area contributed by atoms with Crippen LogP contribution in [0.1, 0.15) is 38.0 Å². The van der Waals surface area contributed by atoms with Gasteiger partial charge in [0.15, 0.2) is 5.79 Å². The zero-order valence-electron chi connectivity index (χ0n) is 16.0. The van der Waals surface area contributed by atoms with Gasteiger partial charge in [0.1, 0.15) is 23.2 Å². The van der Waals surface area contributed by atoms with Crippen LogP contribution in [0, 0.1) is 5.92 Å². The SMILES string of the molecule is CC1(C)O[C@@H]2[C@H](O1)[C@@H](C(O)c1ccc(Cl)cc1)C[C@H]2n1ccc2c(Cl)ncnc21. The van der Waals surface area contributed by atoms with Crippen molar-refractivity contribution in [1.29, 1.82) is 0 Å². The smallest absolute Gasteiger partial charge is 0.163 e. The first-order chi connectivity index (χ1) is 13.8. The summed E-state index contributed by atoms with van der Waals surface area (Å²) in [5, 5.41) is 13.0. The van der Waals surface area contributed by atoms with Gasteiger partial charge in [-0.25, -0.2) is 9.97 Å². The average molecular weight is 434 g/mol. The Morgan fingerprint density at radius 3 is 2.59 bits per heavy atom. The van der Waals surface area contributed by atoms with Crippen molar-refractivity contribution in [2.75, 3.05) is 0 Å². The lowest BCUT2D eigenvalue weighted by Crippen LogP contribution is -2.29. The van der Waals surface area contributed by atoms with Crippen molar-refractivity contribution in [2.45, 2.75) is 50.4 Å². The van der Waals surface area contributed by atoms with Gasteiger partial charge in [-0.1, -0.05) is 35.3 Å². The van der Waals surface area contributed by atoms with Crippen LogP contribution in [0.2, 0.25) is 10.2 Å². The minimum absolute atomic E-state index is 0.0443. The molecule has 5 rings (SSSR count). The fourth-order valence-electron chi connectivity index (χ4n) is 4.69. The fourth-order valence-corrected chi connectivity index (χ4v) is 5.01. The summed E-state index contributed by atoms with van der Waals surface area (Å²) in [4.78, 5) is 8.49. The number of hydrogen-bond acceptors (Lipinski definition) is 5. The number of nitrogens with zero attached hydrogens (tertiary/aromatic N) is 3. The van der Waals surface area contributed by atoms with Crippen LogP contribution in [0.25, 0.3) is 11.0 Å². The lowest BCUT2D eigenvalue weighted by atomic mass is 9.92. The first-order valence-electron chi connectivity index (χ1n) is 9.60. The number of aromatic nitrogens is 3. The first kappa shape index (κ1) is 19.3. The molecule has 1 saturated carbocycles. The molecule has 3 heterocycles. The van der Waals surface area contributed by atoms with Gasteiger partial charge in [-0.05, 0) is 44.0 Å². The van der Waals surface area contributed by atoms with Crippen LogP contribution in [0.4, 0.5) is 0 Å². The standard InChI is InChI=1S/C21H21Cl2N3O3/c1-21(2)28-17-14(16(27)11-3-5-12(22)6-4-11)9-15(18(17)29-21)26-8-7-13-19(23)24-10-25-20(13)26/h3-8,10,14-18,27H,9H2,1-2H3/t14-,15-,16?,17-,18+/m1/s1. The van der Waals surface area contributed by atoms with Crippen molar-refractivity contribution in [3.8, 4) is 0 Å². The summed E-state index contributed by atoms with van der Waals surface area (Å²) < 4.78 is 14.6. The van der Waals surface area contributed by atoms with Crippen LogP contribution in [0.3, 0.4) is 0 Å². The first-order valence-corrected chi connectivity index (χ1v) is 10.4. The molecular weight excluding hydrogens is 413 g/mol. The number of hydrogen-bond donors (Lipinski definition) is 1. The van der Waals surface area contributed by atoms with Gasteiger partial charge >= 0.3 is 0 Å². The Balaban J connectivity index is 1.53. The van der Waals surface area contributed by atoms with E-state index in [9.17, 15) is 5.11 Å². The number of benzene rings is 1. The monoisotopic (exact) mass is 433 g/mol. The van der Waals surface area contributed by atoms with Gasteiger partial charge in [-0.15, -0.1) is 0 Å². The molecule has 0 spiro atoms. The van der Waals surface area contributed by atoms with E-state index < -0.39 is 11.9 Å². The fraction of sp³-hybridized carbons (Fsp3) is 0.429. The largest absolute Gasteiger partial charge is 0.388 e. The highest BCUT2D eigenvalue weighted by Crippen LogP contribution is 2.51. The Kier molecular flexibility index (Phi) is 4.60. The second kappa shape index (κ2) is 6.93. The minimum atomic E-state index is -0.721. The molecule has 1 saturated heterocycles. The summed E-state index contributed by atoms with van der Waals surface area (Å²) in [6, 6.07) is 9.16. The van der Waals surface area contributed by atoms with Crippen LogP contribution in [0.15, 0.2) is 42.9 Å². The lowest BCUT2D eigenvalue weighted by molar-refractivity contribution is -0.165. The molecule has 2 fully saturated rings. The summed E-state index contributed by atoms with van der Waals surface area (Å²) in [6.45, 7) is 3.81. The van der Waals surface area contributed by atoms with Crippen LogP contribution in [-0.2, 0) is 9.47 Å². The molecule has 8 heteroatoms. The molecule has 0 radical (unpaired) electrons. The summed E-state index contributed by atoms with van der Waals surface area (Å²) in [5.74, 6) is -0.857. The summed E-state index contributed by atoms with van der Waals surface area (Å²) in [7, 11) is 0. The van der Waals surface area contributed by atoms with Crippen LogP contribution in [-0.4, -0.2) is 37.6 Å². The van der Waals surface area contributed by atoms with Gasteiger partial charge < -0.3 is 19.1 Å². The normalized spacial score (nSPS) is 29.3. The predicted octanol–water partition coefficient (Wildman–Crippen LogP) is 4.55. The topological polar surface area (TPSA) is 69.4 Å². The van der Waals surface area contributed by atoms with Crippen molar-refractivity contribution < 1.29 is 14.6 Å². The Bertz CT molecular complexity index is 1050. The molecule has 2 aromatic heterocycles. The van der Waals surface area contributed by atoms with E-state index in [-0.39, 0.29) is 24.2 Å². The van der Waals surface area contributed by atoms with Crippen LogP contribution < -0.4 is 0 Å². The number of aliphatic hydroxyl groups excluding tert-OH is 1. The quantitative estimate of drug-likeness (QED) is 0.613. The van der Waals surface area contributed by atoms with E-state index >= 15 is 0 Å². The minimum Gasteiger partial charge on any atom is -0.388 e. The maximum Gasteiger partial charge on any atom is 0.163 e. The number of aliphatic hydroxyl groups is 1. The van der Waals surface area contributed by atoms with Crippen LogP contribution >= 0.6 is 23.2 Å². The Morgan fingerprint density at radius 1 is 1.10 bits per heavy atom. The molecule has 2 aliphatic rings. The van der Waals surface area contributed by atoms with Crippen LogP contribution in [0.5, 0.6) is 0 Å². The summed E-state index contributed by atoms with van der Waals surface area (Å²) in [6.07, 6.45) is 2.96. The molecule has 1 aromatic carbocycles. The third-order valence-corrected chi connectivity index (χ3v) is 6.47. The maximum absolute atomic E-state index is 11.2. The number of halogens is 2. The summed E-state index contributed by atoms with van der Waals surface area (Å²) >= 11 is 12.2. The molecule has 3 aromatic rings. The molecule has 5 atom stereocenters. The van der Waals surface area contributed by atoms with E-state index in [1.54, 1.807) is 12.1 Å². The maximum atomic E-state index is 11.2. The molecule has 29 heavy (non-hydrogen) atoms. The molecule has 1 unspecified atom stereocenters. The Labute approximate surface area is 178 Å².